The monoisotopic (exact) mass is 417 g/mol. The zero-order valence-electron chi connectivity index (χ0n) is 17.1. The molecule has 0 bridgehead atoms. The van der Waals surface area contributed by atoms with E-state index in [-0.39, 0.29) is 23.2 Å². The van der Waals surface area contributed by atoms with Crippen molar-refractivity contribution >= 4 is 28.6 Å². The Morgan fingerprint density at radius 3 is 2.38 bits per heavy atom. The Hall–Kier alpha value is -2.45. The van der Waals surface area contributed by atoms with E-state index in [9.17, 15) is 14.4 Å². The number of ketones is 1. The van der Waals surface area contributed by atoms with Crippen LogP contribution in [-0.4, -0.2) is 45.0 Å². The highest BCUT2D eigenvalue weighted by Gasteiger charge is 2.47. The molecule has 0 spiro atoms. The number of esters is 1. The lowest BCUT2D eigenvalue weighted by atomic mass is 9.78. The second-order valence-corrected chi connectivity index (χ2v) is 8.47. The third kappa shape index (κ3) is 5.55. The maximum absolute atomic E-state index is 13.3. The van der Waals surface area contributed by atoms with E-state index in [1.54, 1.807) is 10.9 Å². The Balaban J connectivity index is 2.29. The molecule has 0 aliphatic carbocycles. The van der Waals surface area contributed by atoms with Gasteiger partial charge in [-0.15, -0.1) is 0 Å². The van der Waals surface area contributed by atoms with E-state index < -0.39 is 23.2 Å². The average molecular weight is 418 g/mol. The molecule has 1 aromatic heterocycles. The normalized spacial score (nSPS) is 14.3. The molecular formula is C21H27N3O4S. The predicted molar refractivity (Wildman–Crippen MR) is 113 cm³/mol. The lowest BCUT2D eigenvalue weighted by molar-refractivity contribution is -0.152. The molecule has 0 aliphatic rings. The van der Waals surface area contributed by atoms with Crippen molar-refractivity contribution in [1.82, 2.24) is 9.78 Å². The van der Waals surface area contributed by atoms with Crippen molar-refractivity contribution < 1.29 is 19.1 Å². The summed E-state index contributed by atoms with van der Waals surface area (Å²) in [6.07, 6.45) is 3.51. The van der Waals surface area contributed by atoms with Gasteiger partial charge in [0.2, 0.25) is 0 Å². The fourth-order valence-electron chi connectivity index (χ4n) is 3.06. The summed E-state index contributed by atoms with van der Waals surface area (Å²) >= 11 is 1.06. The lowest BCUT2D eigenvalue weighted by Crippen LogP contribution is -2.60. The van der Waals surface area contributed by atoms with Crippen LogP contribution in [0, 0.1) is 11.8 Å². The van der Waals surface area contributed by atoms with Gasteiger partial charge in [0.05, 0.1) is 12.8 Å². The number of thioether (sulfide) groups is 1. The molecule has 1 heterocycles. The summed E-state index contributed by atoms with van der Waals surface area (Å²) in [4.78, 5) is 37.2. The Kier molecular flexibility index (Phi) is 7.75. The third-order valence-corrected chi connectivity index (χ3v) is 5.72. The third-order valence-electron chi connectivity index (χ3n) is 4.79. The van der Waals surface area contributed by atoms with E-state index in [4.69, 9.17) is 10.5 Å². The van der Waals surface area contributed by atoms with Gasteiger partial charge < -0.3 is 10.5 Å². The maximum Gasteiger partial charge on any atom is 0.333 e. The minimum absolute atomic E-state index is 0.00581. The van der Waals surface area contributed by atoms with Gasteiger partial charge >= 0.3 is 5.97 Å². The summed E-state index contributed by atoms with van der Waals surface area (Å²) in [6, 6.07) is 9.12. The van der Waals surface area contributed by atoms with Crippen LogP contribution in [0.25, 0.3) is 5.69 Å². The minimum Gasteiger partial charge on any atom is -0.467 e. The molecule has 0 saturated carbocycles. The molecule has 0 aliphatic heterocycles. The highest BCUT2D eigenvalue weighted by Crippen LogP contribution is 2.26. The largest absolute Gasteiger partial charge is 0.467 e. The predicted octanol–water partition coefficient (Wildman–Crippen LogP) is 2.41. The summed E-state index contributed by atoms with van der Waals surface area (Å²) in [6.45, 7) is 5.20. The molecule has 0 amide bonds. The maximum atomic E-state index is 13.3. The Morgan fingerprint density at radius 1 is 1.24 bits per heavy atom. The Labute approximate surface area is 175 Å². The molecule has 2 aromatic rings. The number of carbonyl (C=O) groups excluding carboxylic acids is 3. The summed E-state index contributed by atoms with van der Waals surface area (Å²) < 4.78 is 6.58. The Morgan fingerprint density at radius 2 is 1.90 bits per heavy atom. The number of methoxy groups -OCH3 is 1. The zero-order chi connectivity index (χ0) is 21.6. The van der Waals surface area contributed by atoms with Gasteiger partial charge in [0, 0.05) is 37.4 Å². The van der Waals surface area contributed by atoms with Crippen molar-refractivity contribution in [3.8, 4) is 5.69 Å². The number of Topliss-reactive ketones (excluding diaryl/α,β-unsaturated/α-hetero) is 1. The zero-order valence-corrected chi connectivity index (χ0v) is 17.9. The number of aromatic nitrogens is 2. The molecular weight excluding hydrogens is 390 g/mol. The molecule has 2 N–H and O–H groups in total. The average Bonchev–Trinajstić information content (AvgIpc) is 3.22. The molecule has 2 rings (SSSR count). The van der Waals surface area contributed by atoms with E-state index in [1.807, 2.05) is 50.4 Å². The van der Waals surface area contributed by atoms with E-state index in [0.717, 1.165) is 23.0 Å². The van der Waals surface area contributed by atoms with E-state index in [2.05, 4.69) is 5.10 Å². The smallest absolute Gasteiger partial charge is 0.333 e. The molecule has 0 radical (unpaired) electrons. The molecule has 0 fully saturated rings. The summed E-state index contributed by atoms with van der Waals surface area (Å²) in [5.74, 6) is -1.54. The van der Waals surface area contributed by atoms with Gasteiger partial charge in [0.1, 0.15) is 0 Å². The van der Waals surface area contributed by atoms with Gasteiger partial charge in [0.25, 0.3) is 0 Å². The highest BCUT2D eigenvalue weighted by molar-refractivity contribution is 8.13. The first-order chi connectivity index (χ1) is 13.7. The number of ether oxygens (including phenoxy) is 1. The van der Waals surface area contributed by atoms with Crippen LogP contribution in [0.5, 0.6) is 0 Å². The summed E-state index contributed by atoms with van der Waals surface area (Å²) in [5.41, 5.74) is 6.12. The van der Waals surface area contributed by atoms with Crippen LogP contribution in [0.4, 0.5) is 0 Å². The quantitative estimate of drug-likeness (QED) is 0.493. The first kappa shape index (κ1) is 22.8. The van der Waals surface area contributed by atoms with E-state index in [1.165, 1.54) is 14.0 Å². The molecule has 156 valence electrons. The van der Waals surface area contributed by atoms with Gasteiger partial charge in [0.15, 0.2) is 16.4 Å². The summed E-state index contributed by atoms with van der Waals surface area (Å²) in [5, 5.41) is 4.09. The molecule has 0 saturated heterocycles. The highest BCUT2D eigenvalue weighted by atomic mass is 32.2. The number of nitrogens with two attached hydrogens (primary N) is 1. The van der Waals surface area contributed by atoms with Crippen LogP contribution < -0.4 is 5.73 Å². The van der Waals surface area contributed by atoms with Gasteiger partial charge in [-0.1, -0.05) is 37.7 Å². The molecule has 2 atom stereocenters. The van der Waals surface area contributed by atoms with Crippen LogP contribution in [0.1, 0.15) is 26.3 Å². The van der Waals surface area contributed by atoms with Crippen molar-refractivity contribution in [2.45, 2.75) is 32.7 Å². The van der Waals surface area contributed by atoms with Crippen molar-refractivity contribution in [3.63, 3.8) is 0 Å². The van der Waals surface area contributed by atoms with Crippen LogP contribution in [-0.2, 0) is 25.5 Å². The molecule has 7 nitrogen and oxygen atoms in total. The van der Waals surface area contributed by atoms with Crippen LogP contribution >= 0.6 is 11.8 Å². The van der Waals surface area contributed by atoms with Crippen molar-refractivity contribution in [2.75, 3.05) is 12.9 Å². The number of carbonyl (C=O) groups is 3. The second-order valence-electron chi connectivity index (χ2n) is 7.27. The number of hydrogen-bond acceptors (Lipinski definition) is 7. The standard InChI is InChI=1S/C21H27N3O4S/c1-14(2)18(13-29-15(3)25)19(26)21(22,20(27)28-4)12-16-6-8-17(9-7-16)24-11-5-10-23-24/h5-11,14,18H,12-13,22H2,1-4H3/t18-,21+/m0/s1. The van der Waals surface area contributed by atoms with Gasteiger partial charge in [-0.05, 0) is 29.7 Å². The topological polar surface area (TPSA) is 104 Å². The first-order valence-electron chi connectivity index (χ1n) is 9.33. The fraction of sp³-hybridized carbons (Fsp3) is 0.429. The van der Waals surface area contributed by atoms with E-state index >= 15 is 0 Å². The van der Waals surface area contributed by atoms with Crippen LogP contribution in [0.2, 0.25) is 0 Å². The number of benzene rings is 1. The number of rotatable bonds is 9. The van der Waals surface area contributed by atoms with Crippen LogP contribution in [0.15, 0.2) is 42.7 Å². The van der Waals surface area contributed by atoms with Gasteiger partial charge in [-0.3, -0.25) is 9.59 Å². The molecule has 8 heteroatoms. The number of nitrogens with zero attached hydrogens (tertiary/aromatic N) is 2. The van der Waals surface area contributed by atoms with Crippen LogP contribution in [0.3, 0.4) is 0 Å². The minimum atomic E-state index is -1.83. The Bertz CT molecular complexity index is 849. The summed E-state index contributed by atoms with van der Waals surface area (Å²) in [7, 11) is 1.22. The lowest BCUT2D eigenvalue weighted by Gasteiger charge is -2.31. The number of hydrogen-bond donors (Lipinski definition) is 1. The van der Waals surface area contributed by atoms with E-state index in [0.29, 0.717) is 0 Å². The fourth-order valence-corrected chi connectivity index (χ4v) is 4.01. The van der Waals surface area contributed by atoms with Gasteiger partial charge in [-0.25, -0.2) is 9.48 Å². The SMILES string of the molecule is COC(=O)[C@@](N)(Cc1ccc(-n2cccn2)cc1)C(=O)[C@@H](CSC(C)=O)C(C)C. The second kappa shape index (κ2) is 9.84. The van der Waals surface area contributed by atoms with Crippen molar-refractivity contribution in [2.24, 2.45) is 17.6 Å². The molecule has 29 heavy (non-hydrogen) atoms. The first-order valence-corrected chi connectivity index (χ1v) is 10.3. The van der Waals surface area contributed by atoms with Gasteiger partial charge in [-0.2, -0.15) is 5.10 Å². The van der Waals surface area contributed by atoms with Crippen molar-refractivity contribution in [3.05, 3.63) is 48.3 Å². The molecule has 0 unspecified atom stereocenters. The van der Waals surface area contributed by atoms with Crippen molar-refractivity contribution in [1.29, 1.82) is 0 Å². The molecule has 1 aromatic carbocycles.